The Hall–Kier alpha value is -1.11. The summed E-state index contributed by atoms with van der Waals surface area (Å²) in [4.78, 5) is 0. The summed E-state index contributed by atoms with van der Waals surface area (Å²) in [6.45, 7) is 13.4. The largest absolute Gasteiger partial charge is 0.239 e. The van der Waals surface area contributed by atoms with Crippen LogP contribution in [-0.2, 0) is 18.5 Å². The van der Waals surface area contributed by atoms with Gasteiger partial charge in [0, 0.05) is 0 Å². The van der Waals surface area contributed by atoms with Crippen LogP contribution in [0, 0.1) is 0 Å². The van der Waals surface area contributed by atoms with E-state index in [-0.39, 0.29) is 0 Å². The average molecular weight is 234 g/mol. The number of alkyl halides is 1. The summed E-state index contributed by atoms with van der Waals surface area (Å²) in [5.41, 5.74) is 3.94. The topological polar surface area (TPSA) is 0 Å². The third-order valence-electron chi connectivity index (χ3n) is 3.17. The number of hydrogen-bond donors (Lipinski definition) is 0. The zero-order valence-corrected chi connectivity index (χ0v) is 11.7. The molecule has 0 saturated carbocycles. The fraction of sp³-hybridized carbons (Fsp3) is 0.500. The van der Waals surface area contributed by atoms with E-state index in [9.17, 15) is 4.39 Å². The highest BCUT2D eigenvalue weighted by atomic mass is 19.1. The predicted molar refractivity (Wildman–Crippen MR) is 74.0 cm³/mol. The highest BCUT2D eigenvalue weighted by molar-refractivity contribution is 5.67. The van der Waals surface area contributed by atoms with Crippen LogP contribution in [0.4, 0.5) is 4.39 Å². The molecule has 0 aliphatic carbocycles. The van der Waals surface area contributed by atoms with Crippen LogP contribution in [0.25, 0.3) is 5.57 Å². The molecule has 1 rings (SSSR count). The van der Waals surface area contributed by atoms with Gasteiger partial charge in [-0.2, -0.15) is 0 Å². The van der Waals surface area contributed by atoms with Crippen molar-refractivity contribution in [1.82, 2.24) is 0 Å². The molecule has 0 unspecified atom stereocenters. The number of hydrogen-bond acceptors (Lipinski definition) is 0. The molecule has 0 saturated heterocycles. The van der Waals surface area contributed by atoms with Gasteiger partial charge in [0.15, 0.2) is 0 Å². The first-order chi connectivity index (χ1) is 7.81. The lowest BCUT2D eigenvalue weighted by atomic mass is 9.85. The van der Waals surface area contributed by atoms with Gasteiger partial charge >= 0.3 is 0 Å². The Balaban J connectivity index is 3.56. The van der Waals surface area contributed by atoms with E-state index in [0.717, 1.165) is 35.1 Å². The molecule has 0 aromatic heterocycles. The second kappa shape index (κ2) is 5.03. The molecule has 94 valence electrons. The minimum Gasteiger partial charge on any atom is -0.239 e. The van der Waals surface area contributed by atoms with Gasteiger partial charge < -0.3 is 0 Å². The molecule has 0 amide bonds. The maximum atomic E-state index is 14.3. The van der Waals surface area contributed by atoms with E-state index in [0.29, 0.717) is 0 Å². The monoisotopic (exact) mass is 234 g/mol. The molecule has 0 heterocycles. The fourth-order valence-corrected chi connectivity index (χ4v) is 2.23. The van der Waals surface area contributed by atoms with Crippen LogP contribution in [-0.4, -0.2) is 0 Å². The normalized spacial score (nSPS) is 11.6. The van der Waals surface area contributed by atoms with Gasteiger partial charge in [-0.25, -0.2) is 4.39 Å². The summed E-state index contributed by atoms with van der Waals surface area (Å²) < 4.78 is 14.3. The smallest absolute Gasteiger partial charge is 0.130 e. The molecule has 1 aromatic rings. The first kappa shape index (κ1) is 14.0. The molecule has 0 N–H and O–H groups in total. The van der Waals surface area contributed by atoms with E-state index >= 15 is 0 Å². The molecule has 0 atom stereocenters. The van der Waals surface area contributed by atoms with E-state index in [4.69, 9.17) is 0 Å². The van der Waals surface area contributed by atoms with Gasteiger partial charge in [-0.05, 0) is 55.9 Å². The lowest BCUT2D eigenvalue weighted by Gasteiger charge is -2.23. The second-order valence-corrected chi connectivity index (χ2v) is 5.13. The molecule has 0 fully saturated rings. The van der Waals surface area contributed by atoms with E-state index < -0.39 is 5.67 Å². The standard InChI is InChI=1S/C16H23F/c1-7-12-9-14(11(3)4)13(8-2)15(10-12)16(5,6)17/h9-10H,3,7-8H2,1-2,4-6H3. The first-order valence-electron chi connectivity index (χ1n) is 6.32. The summed E-state index contributed by atoms with van der Waals surface area (Å²) in [5, 5.41) is 0. The number of allylic oxidation sites excluding steroid dienone is 1. The number of halogens is 1. The zero-order valence-electron chi connectivity index (χ0n) is 11.7. The quantitative estimate of drug-likeness (QED) is 0.684. The van der Waals surface area contributed by atoms with Gasteiger partial charge in [0.25, 0.3) is 0 Å². The molecule has 1 heteroatoms. The molecule has 0 aliphatic heterocycles. The van der Waals surface area contributed by atoms with Crippen LogP contribution in [0.5, 0.6) is 0 Å². The van der Waals surface area contributed by atoms with Crippen molar-refractivity contribution in [2.75, 3.05) is 0 Å². The second-order valence-electron chi connectivity index (χ2n) is 5.13. The Bertz CT molecular complexity index is 422. The molecular formula is C16H23F. The number of benzene rings is 1. The van der Waals surface area contributed by atoms with E-state index in [1.54, 1.807) is 13.8 Å². The van der Waals surface area contributed by atoms with Gasteiger partial charge in [0.05, 0.1) is 0 Å². The Labute approximate surface area is 105 Å². The zero-order chi connectivity index (χ0) is 13.2. The molecular weight excluding hydrogens is 211 g/mol. The van der Waals surface area contributed by atoms with Crippen LogP contribution in [0.3, 0.4) is 0 Å². The fourth-order valence-electron chi connectivity index (χ4n) is 2.23. The van der Waals surface area contributed by atoms with Crippen molar-refractivity contribution < 1.29 is 4.39 Å². The first-order valence-corrected chi connectivity index (χ1v) is 6.32. The molecule has 0 nitrogen and oxygen atoms in total. The molecule has 0 bridgehead atoms. The predicted octanol–water partition coefficient (Wildman–Crippen LogP) is 5.05. The van der Waals surface area contributed by atoms with Gasteiger partial charge in [0.2, 0.25) is 0 Å². The summed E-state index contributed by atoms with van der Waals surface area (Å²) in [7, 11) is 0. The third-order valence-corrected chi connectivity index (χ3v) is 3.17. The van der Waals surface area contributed by atoms with Crippen molar-refractivity contribution in [3.8, 4) is 0 Å². The maximum Gasteiger partial charge on any atom is 0.130 e. The molecule has 0 aliphatic rings. The third kappa shape index (κ3) is 2.96. The van der Waals surface area contributed by atoms with Gasteiger partial charge in [-0.1, -0.05) is 38.1 Å². The Morgan fingerprint density at radius 2 is 1.82 bits per heavy atom. The van der Waals surface area contributed by atoms with Crippen molar-refractivity contribution in [3.63, 3.8) is 0 Å². The highest BCUT2D eigenvalue weighted by Gasteiger charge is 2.24. The Kier molecular flexibility index (Phi) is 4.13. The van der Waals surface area contributed by atoms with Gasteiger partial charge in [0.1, 0.15) is 5.67 Å². The van der Waals surface area contributed by atoms with Crippen LogP contribution in [0.1, 0.15) is 56.9 Å². The van der Waals surface area contributed by atoms with Crippen LogP contribution < -0.4 is 0 Å². The number of aryl methyl sites for hydroxylation is 1. The van der Waals surface area contributed by atoms with E-state index in [1.807, 2.05) is 13.0 Å². The summed E-state index contributed by atoms with van der Waals surface area (Å²) in [6, 6.07) is 4.15. The summed E-state index contributed by atoms with van der Waals surface area (Å²) in [6.07, 6.45) is 1.77. The van der Waals surface area contributed by atoms with Crippen molar-refractivity contribution >= 4 is 5.57 Å². The lowest BCUT2D eigenvalue weighted by Crippen LogP contribution is -2.14. The minimum absolute atomic E-state index is 0.817. The Morgan fingerprint density at radius 3 is 2.18 bits per heavy atom. The van der Waals surface area contributed by atoms with Crippen LogP contribution in [0.15, 0.2) is 18.7 Å². The van der Waals surface area contributed by atoms with Crippen molar-refractivity contribution in [3.05, 3.63) is 41.0 Å². The highest BCUT2D eigenvalue weighted by Crippen LogP contribution is 2.33. The molecule has 1 aromatic carbocycles. The average Bonchev–Trinajstić information content (AvgIpc) is 2.25. The van der Waals surface area contributed by atoms with Crippen LogP contribution >= 0.6 is 0 Å². The van der Waals surface area contributed by atoms with Gasteiger partial charge in [-0.3, -0.25) is 0 Å². The maximum absolute atomic E-state index is 14.3. The van der Waals surface area contributed by atoms with Crippen molar-refractivity contribution in [2.24, 2.45) is 0 Å². The molecule has 17 heavy (non-hydrogen) atoms. The Morgan fingerprint density at radius 1 is 1.24 bits per heavy atom. The van der Waals surface area contributed by atoms with E-state index in [2.05, 4.69) is 26.5 Å². The summed E-state index contributed by atoms with van der Waals surface area (Å²) in [5.74, 6) is 0. The molecule has 0 radical (unpaired) electrons. The SMILES string of the molecule is C=C(C)c1cc(CC)cc(C(C)(C)F)c1CC. The summed E-state index contributed by atoms with van der Waals surface area (Å²) >= 11 is 0. The van der Waals surface area contributed by atoms with Crippen molar-refractivity contribution in [1.29, 1.82) is 0 Å². The number of rotatable bonds is 4. The van der Waals surface area contributed by atoms with Crippen LogP contribution in [0.2, 0.25) is 0 Å². The minimum atomic E-state index is -1.29. The molecule has 0 spiro atoms. The van der Waals surface area contributed by atoms with Crippen molar-refractivity contribution in [2.45, 2.75) is 53.1 Å². The van der Waals surface area contributed by atoms with E-state index in [1.165, 1.54) is 5.56 Å². The lowest BCUT2D eigenvalue weighted by molar-refractivity contribution is 0.219. The van der Waals surface area contributed by atoms with Gasteiger partial charge in [-0.15, -0.1) is 0 Å².